The molecule has 0 spiro atoms. The van der Waals surface area contributed by atoms with E-state index in [0.29, 0.717) is 25.8 Å². The minimum atomic E-state index is -3.34. The van der Waals surface area contributed by atoms with Crippen LogP contribution >= 0.6 is 0 Å². The van der Waals surface area contributed by atoms with Gasteiger partial charge in [0.2, 0.25) is 10.0 Å². The second kappa shape index (κ2) is 3.45. The fourth-order valence-corrected chi connectivity index (χ4v) is 4.21. The SMILES string of the molecule is CC1CCN(S(=O)(=O)C2CC2)C1C(=O)O. The van der Waals surface area contributed by atoms with Gasteiger partial charge >= 0.3 is 5.97 Å². The molecule has 0 radical (unpaired) electrons. The van der Waals surface area contributed by atoms with Gasteiger partial charge in [0, 0.05) is 6.54 Å². The summed E-state index contributed by atoms with van der Waals surface area (Å²) in [5, 5.41) is 8.70. The molecule has 2 unspecified atom stereocenters. The van der Waals surface area contributed by atoms with Gasteiger partial charge in [0.05, 0.1) is 5.25 Å². The van der Waals surface area contributed by atoms with Crippen molar-refractivity contribution in [3.05, 3.63) is 0 Å². The summed E-state index contributed by atoms with van der Waals surface area (Å²) in [4.78, 5) is 11.0. The molecular formula is C9H15NO4S. The summed E-state index contributed by atoms with van der Waals surface area (Å²) in [6, 6.07) is -0.851. The Morgan fingerprint density at radius 3 is 2.40 bits per heavy atom. The molecule has 1 heterocycles. The first-order valence-electron chi connectivity index (χ1n) is 5.18. The lowest BCUT2D eigenvalue weighted by Crippen LogP contribution is -2.44. The molecule has 1 aliphatic heterocycles. The second-order valence-electron chi connectivity index (χ2n) is 4.40. The van der Waals surface area contributed by atoms with E-state index in [9.17, 15) is 13.2 Å². The van der Waals surface area contributed by atoms with Gasteiger partial charge in [-0.2, -0.15) is 4.31 Å². The van der Waals surface area contributed by atoms with Crippen molar-refractivity contribution in [2.75, 3.05) is 6.54 Å². The van der Waals surface area contributed by atoms with Gasteiger partial charge in [-0.1, -0.05) is 6.92 Å². The molecule has 5 nitrogen and oxygen atoms in total. The molecule has 6 heteroatoms. The lowest BCUT2D eigenvalue weighted by molar-refractivity contribution is -0.141. The quantitative estimate of drug-likeness (QED) is 0.759. The third-order valence-electron chi connectivity index (χ3n) is 3.18. The summed E-state index contributed by atoms with van der Waals surface area (Å²) in [5.74, 6) is -1.11. The van der Waals surface area contributed by atoms with Gasteiger partial charge in [0.1, 0.15) is 6.04 Å². The number of aliphatic carboxylic acids is 1. The van der Waals surface area contributed by atoms with Gasteiger partial charge in [0.15, 0.2) is 0 Å². The maximum atomic E-state index is 11.9. The Morgan fingerprint density at radius 2 is 1.93 bits per heavy atom. The zero-order chi connectivity index (χ0) is 11.2. The molecule has 1 N–H and O–H groups in total. The molecule has 1 aliphatic carbocycles. The molecule has 2 aliphatic rings. The Labute approximate surface area is 89.1 Å². The Balaban J connectivity index is 2.25. The number of nitrogens with zero attached hydrogens (tertiary/aromatic N) is 1. The fourth-order valence-electron chi connectivity index (χ4n) is 2.12. The van der Waals surface area contributed by atoms with Crippen molar-refractivity contribution in [3.8, 4) is 0 Å². The molecule has 2 rings (SSSR count). The highest BCUT2D eigenvalue weighted by Crippen LogP contribution is 2.36. The molecule has 0 aromatic carbocycles. The first kappa shape index (κ1) is 10.9. The van der Waals surface area contributed by atoms with Crippen LogP contribution in [0.4, 0.5) is 0 Å². The highest BCUT2D eigenvalue weighted by Gasteiger charge is 2.49. The Bertz CT molecular complexity index is 374. The predicted molar refractivity (Wildman–Crippen MR) is 53.9 cm³/mol. The van der Waals surface area contributed by atoms with E-state index in [-0.39, 0.29) is 11.2 Å². The van der Waals surface area contributed by atoms with Crippen LogP contribution in [-0.2, 0) is 14.8 Å². The topological polar surface area (TPSA) is 74.7 Å². The van der Waals surface area contributed by atoms with Gasteiger partial charge in [-0.25, -0.2) is 8.42 Å². The van der Waals surface area contributed by atoms with E-state index < -0.39 is 22.0 Å². The summed E-state index contributed by atoms with van der Waals surface area (Å²) >= 11 is 0. The minimum absolute atomic E-state index is 0.0870. The molecule has 0 aromatic rings. The highest BCUT2D eigenvalue weighted by molar-refractivity contribution is 7.90. The maximum Gasteiger partial charge on any atom is 0.322 e. The van der Waals surface area contributed by atoms with E-state index in [0.717, 1.165) is 0 Å². The molecule has 1 saturated heterocycles. The van der Waals surface area contributed by atoms with Crippen molar-refractivity contribution in [2.45, 2.75) is 37.5 Å². The first-order valence-corrected chi connectivity index (χ1v) is 6.68. The monoisotopic (exact) mass is 233 g/mol. The molecule has 15 heavy (non-hydrogen) atoms. The zero-order valence-corrected chi connectivity index (χ0v) is 9.40. The molecule has 2 fully saturated rings. The van der Waals surface area contributed by atoms with Crippen LogP contribution in [0.1, 0.15) is 26.2 Å². The van der Waals surface area contributed by atoms with Crippen molar-refractivity contribution in [3.63, 3.8) is 0 Å². The van der Waals surface area contributed by atoms with Gasteiger partial charge in [-0.3, -0.25) is 4.79 Å². The summed E-state index contributed by atoms with van der Waals surface area (Å²) in [5.41, 5.74) is 0. The van der Waals surface area contributed by atoms with E-state index in [1.165, 1.54) is 4.31 Å². The predicted octanol–water partition coefficient (Wildman–Crippen LogP) is 0.274. The lowest BCUT2D eigenvalue weighted by atomic mass is 10.0. The minimum Gasteiger partial charge on any atom is -0.480 e. The van der Waals surface area contributed by atoms with Crippen molar-refractivity contribution >= 4 is 16.0 Å². The molecule has 1 saturated carbocycles. The van der Waals surface area contributed by atoms with Gasteiger partial charge in [-0.15, -0.1) is 0 Å². The number of hydrogen-bond donors (Lipinski definition) is 1. The normalized spacial score (nSPS) is 33.1. The van der Waals surface area contributed by atoms with Crippen molar-refractivity contribution in [2.24, 2.45) is 5.92 Å². The van der Waals surface area contributed by atoms with Crippen LogP contribution in [0.3, 0.4) is 0 Å². The van der Waals surface area contributed by atoms with E-state index in [1.807, 2.05) is 0 Å². The fraction of sp³-hybridized carbons (Fsp3) is 0.889. The average Bonchev–Trinajstić information content (AvgIpc) is 2.89. The molecular weight excluding hydrogens is 218 g/mol. The lowest BCUT2D eigenvalue weighted by Gasteiger charge is -2.22. The molecule has 0 amide bonds. The third kappa shape index (κ3) is 1.76. The molecule has 0 bridgehead atoms. The number of rotatable bonds is 3. The van der Waals surface area contributed by atoms with E-state index in [4.69, 9.17) is 5.11 Å². The van der Waals surface area contributed by atoms with Crippen LogP contribution in [0.25, 0.3) is 0 Å². The van der Waals surface area contributed by atoms with Gasteiger partial charge in [0.25, 0.3) is 0 Å². The van der Waals surface area contributed by atoms with E-state index in [1.54, 1.807) is 6.92 Å². The van der Waals surface area contributed by atoms with Crippen LogP contribution in [0.15, 0.2) is 0 Å². The molecule has 2 atom stereocenters. The summed E-state index contributed by atoms with van der Waals surface area (Å²) in [6.07, 6.45) is 2.00. The number of carbonyl (C=O) groups is 1. The second-order valence-corrected chi connectivity index (χ2v) is 6.57. The van der Waals surface area contributed by atoms with Crippen LogP contribution < -0.4 is 0 Å². The van der Waals surface area contributed by atoms with Crippen molar-refractivity contribution < 1.29 is 18.3 Å². The first-order chi connectivity index (χ1) is 6.94. The van der Waals surface area contributed by atoms with Crippen molar-refractivity contribution in [1.29, 1.82) is 0 Å². The Morgan fingerprint density at radius 1 is 1.33 bits per heavy atom. The number of carboxylic acids is 1. The Kier molecular flexibility index (Phi) is 2.50. The van der Waals surface area contributed by atoms with Gasteiger partial charge < -0.3 is 5.11 Å². The Hall–Kier alpha value is -0.620. The average molecular weight is 233 g/mol. The van der Waals surface area contributed by atoms with Gasteiger partial charge in [-0.05, 0) is 25.2 Å². The number of hydrogen-bond acceptors (Lipinski definition) is 3. The van der Waals surface area contributed by atoms with Crippen LogP contribution in [0.2, 0.25) is 0 Å². The summed E-state index contributed by atoms with van der Waals surface area (Å²) in [7, 11) is -3.34. The standard InChI is InChI=1S/C9H15NO4S/c1-6-4-5-10(8(6)9(11)12)15(13,14)7-2-3-7/h6-8H,2-5H2,1H3,(H,11,12). The number of carboxylic acid groups (broad SMARTS) is 1. The van der Waals surface area contributed by atoms with E-state index >= 15 is 0 Å². The smallest absolute Gasteiger partial charge is 0.322 e. The molecule has 0 aromatic heterocycles. The van der Waals surface area contributed by atoms with Crippen LogP contribution in [-0.4, -0.2) is 41.6 Å². The van der Waals surface area contributed by atoms with Crippen molar-refractivity contribution in [1.82, 2.24) is 4.31 Å². The van der Waals surface area contributed by atoms with Crippen LogP contribution in [0, 0.1) is 5.92 Å². The van der Waals surface area contributed by atoms with E-state index in [2.05, 4.69) is 0 Å². The van der Waals surface area contributed by atoms with Crippen LogP contribution in [0.5, 0.6) is 0 Å². The highest BCUT2D eigenvalue weighted by atomic mass is 32.2. The summed E-state index contributed by atoms with van der Waals surface area (Å²) < 4.78 is 25.0. The summed E-state index contributed by atoms with van der Waals surface area (Å²) in [6.45, 7) is 2.15. The maximum absolute atomic E-state index is 11.9. The third-order valence-corrected chi connectivity index (χ3v) is 5.56. The largest absolute Gasteiger partial charge is 0.480 e. The zero-order valence-electron chi connectivity index (χ0n) is 8.59. The molecule has 86 valence electrons. The number of sulfonamides is 1.